The second kappa shape index (κ2) is 9.87. The van der Waals surface area contributed by atoms with Crippen molar-refractivity contribution in [3.05, 3.63) is 23.8 Å². The van der Waals surface area contributed by atoms with E-state index in [-0.39, 0.29) is 6.17 Å². The minimum atomic E-state index is 0.206. The van der Waals surface area contributed by atoms with E-state index in [1.165, 1.54) is 82.6 Å². The van der Waals surface area contributed by atoms with Gasteiger partial charge in [0.2, 0.25) is 0 Å². The number of fused-ring (bicyclic) bond motifs is 21. The fourth-order valence-corrected chi connectivity index (χ4v) is 10.9. The molecule has 15 atom stereocenters. The summed E-state index contributed by atoms with van der Waals surface area (Å²) < 4.78 is 0. The summed E-state index contributed by atoms with van der Waals surface area (Å²) in [7, 11) is 0. The van der Waals surface area contributed by atoms with Crippen LogP contribution in [0.4, 0.5) is 0 Å². The van der Waals surface area contributed by atoms with Crippen LogP contribution in [0.3, 0.4) is 0 Å². The minimum absolute atomic E-state index is 0.206. The van der Waals surface area contributed by atoms with Gasteiger partial charge in [-0.1, -0.05) is 56.8 Å². The third kappa shape index (κ3) is 4.00. The predicted octanol–water partition coefficient (Wildman–Crippen LogP) is 2.36. The van der Waals surface area contributed by atoms with Crippen LogP contribution in [0.2, 0.25) is 0 Å². The number of allylic oxidation sites excluding steroid dienone is 2. The first-order valence-electron chi connectivity index (χ1n) is 16.8. The summed E-state index contributed by atoms with van der Waals surface area (Å²) in [6, 6.07) is 0.345. The van der Waals surface area contributed by atoms with E-state index in [0.717, 1.165) is 18.3 Å². The van der Waals surface area contributed by atoms with Crippen molar-refractivity contribution in [1.82, 2.24) is 42.3 Å². The van der Waals surface area contributed by atoms with Gasteiger partial charge in [-0.05, 0) is 86.0 Å². The van der Waals surface area contributed by atoms with Crippen molar-refractivity contribution in [3.63, 3.8) is 0 Å². The van der Waals surface area contributed by atoms with Gasteiger partial charge in [0, 0.05) is 0 Å². The largest absolute Gasteiger partial charge is 0.286 e. The van der Waals surface area contributed by atoms with E-state index in [9.17, 15) is 0 Å². The fraction of sp³-hybridized carbons (Fsp3) is 0.871. The Bertz CT molecular complexity index is 999. The van der Waals surface area contributed by atoms with Crippen molar-refractivity contribution in [2.75, 3.05) is 0 Å². The average Bonchev–Trinajstić information content (AvgIpc) is 3.72. The van der Waals surface area contributed by atoms with Gasteiger partial charge in [-0.15, -0.1) is 0 Å². The minimum Gasteiger partial charge on any atom is -0.286 e. The van der Waals surface area contributed by atoms with Gasteiger partial charge in [-0.2, -0.15) is 0 Å². The fourth-order valence-electron chi connectivity index (χ4n) is 10.9. The first kappa shape index (κ1) is 24.7. The maximum Gasteiger partial charge on any atom is 0.0957 e. The maximum absolute atomic E-state index is 4.25. The van der Waals surface area contributed by atoms with Crippen LogP contribution < -0.4 is 37.3 Å². The molecule has 5 aliphatic heterocycles. The summed E-state index contributed by atoms with van der Waals surface area (Å²) in [5, 5.41) is 27.8. The van der Waals surface area contributed by atoms with Crippen LogP contribution in [0.1, 0.15) is 83.5 Å². The molecule has 8 nitrogen and oxygen atoms in total. The van der Waals surface area contributed by atoms with Gasteiger partial charge in [0.05, 0.1) is 49.2 Å². The van der Waals surface area contributed by atoms with Crippen LogP contribution in [-0.2, 0) is 0 Å². The van der Waals surface area contributed by atoms with Crippen LogP contribution >= 0.6 is 0 Å². The van der Waals surface area contributed by atoms with Gasteiger partial charge in [-0.25, -0.2) is 10.4 Å². The van der Waals surface area contributed by atoms with Crippen molar-refractivity contribution >= 4 is 0 Å². The molecule has 0 aromatic rings. The lowest BCUT2D eigenvalue weighted by atomic mass is 9.77. The lowest BCUT2D eigenvalue weighted by Gasteiger charge is -2.36. The Morgan fingerprint density at radius 2 is 1.00 bits per heavy atom. The standard InChI is InChI=1S/C31H50N8/c1-2-10-18-17(9-1)25-32-26-19-11-3-4-12-20(19)28(34-26)36-30-23-15-7-8-16-24(23)39(38-30)31-22-14-6-5-13-21(22)29(37-31)35-27(18)33-25/h8,15-22,24-38H,1-7,9-14H2. The molecule has 8 heteroatoms. The highest BCUT2D eigenvalue weighted by Crippen LogP contribution is 2.45. The molecule has 5 saturated heterocycles. The summed E-state index contributed by atoms with van der Waals surface area (Å²) >= 11 is 0. The van der Waals surface area contributed by atoms with Crippen LogP contribution in [0.15, 0.2) is 23.8 Å². The summed E-state index contributed by atoms with van der Waals surface area (Å²) in [6.45, 7) is 0. The highest BCUT2D eigenvalue weighted by atomic mass is 15.6. The second-order valence-electron chi connectivity index (χ2n) is 14.5. The van der Waals surface area contributed by atoms with E-state index in [1.807, 2.05) is 0 Å². The molecular formula is C31H50N8. The molecule has 0 radical (unpaired) electrons. The molecule has 8 bridgehead atoms. The van der Waals surface area contributed by atoms with Crippen molar-refractivity contribution in [3.8, 4) is 0 Å². The summed E-state index contributed by atoms with van der Waals surface area (Å²) in [5.74, 6) is 4.29. The van der Waals surface area contributed by atoms with Crippen LogP contribution in [0.25, 0.3) is 0 Å². The summed E-state index contributed by atoms with van der Waals surface area (Å²) in [6.07, 6.45) is 27.3. The number of rotatable bonds is 0. The Labute approximate surface area is 234 Å². The molecular weight excluding hydrogens is 484 g/mol. The number of hydrogen-bond donors (Lipinski definition) is 7. The molecule has 214 valence electrons. The van der Waals surface area contributed by atoms with Gasteiger partial charge in [0.25, 0.3) is 0 Å². The first-order valence-corrected chi connectivity index (χ1v) is 16.8. The van der Waals surface area contributed by atoms with E-state index in [4.69, 9.17) is 0 Å². The van der Waals surface area contributed by atoms with E-state index >= 15 is 0 Å². The monoisotopic (exact) mass is 534 g/mol. The number of hydrogen-bond acceptors (Lipinski definition) is 8. The third-order valence-corrected chi connectivity index (χ3v) is 12.7. The molecule has 15 unspecified atom stereocenters. The number of nitrogens with one attached hydrogen (secondary N) is 7. The molecule has 8 fully saturated rings. The molecule has 7 N–H and O–H groups in total. The average molecular weight is 535 g/mol. The zero-order valence-electron chi connectivity index (χ0n) is 23.5. The molecule has 4 aliphatic carbocycles. The van der Waals surface area contributed by atoms with Crippen molar-refractivity contribution in [2.45, 2.75) is 133 Å². The summed E-state index contributed by atoms with van der Waals surface area (Å²) in [4.78, 5) is 0. The van der Waals surface area contributed by atoms with Gasteiger partial charge < -0.3 is 0 Å². The Hall–Kier alpha value is -0.840. The number of nitrogens with zero attached hydrogens (tertiary/aromatic N) is 1. The maximum atomic E-state index is 4.25. The van der Waals surface area contributed by atoms with Gasteiger partial charge in [-0.3, -0.25) is 31.9 Å². The lowest BCUT2D eigenvalue weighted by Crippen LogP contribution is -2.59. The predicted molar refractivity (Wildman–Crippen MR) is 152 cm³/mol. The Morgan fingerprint density at radius 3 is 1.56 bits per heavy atom. The van der Waals surface area contributed by atoms with Crippen LogP contribution in [0, 0.1) is 35.5 Å². The zero-order valence-corrected chi connectivity index (χ0v) is 23.5. The normalized spacial score (nSPS) is 56.0. The Balaban J connectivity index is 1.10. The molecule has 39 heavy (non-hydrogen) atoms. The third-order valence-electron chi connectivity index (χ3n) is 12.7. The lowest BCUT2D eigenvalue weighted by molar-refractivity contribution is 0.0657. The second-order valence-corrected chi connectivity index (χ2v) is 14.5. The summed E-state index contributed by atoms with van der Waals surface area (Å²) in [5.41, 5.74) is 5.59. The van der Waals surface area contributed by atoms with E-state index in [1.54, 1.807) is 0 Å². The van der Waals surface area contributed by atoms with Crippen LogP contribution in [0.5, 0.6) is 0 Å². The number of hydrazine groups is 1. The van der Waals surface area contributed by atoms with Crippen molar-refractivity contribution < 1.29 is 0 Å². The van der Waals surface area contributed by atoms with E-state index in [2.05, 4.69) is 60.6 Å². The SMILES string of the molecule is C1=CC2C(=CC1)C1NC3NC(NC4NC(NC5NC(C6CCCCC56)N2N1)C1CCCCC41)C1CCCCC31. The zero-order chi connectivity index (χ0) is 25.5. The van der Waals surface area contributed by atoms with Gasteiger partial charge in [0.15, 0.2) is 0 Å². The topological polar surface area (TPSA) is 87.4 Å². The van der Waals surface area contributed by atoms with Gasteiger partial charge >= 0.3 is 0 Å². The molecule has 0 spiro atoms. The molecule has 0 amide bonds. The molecule has 0 aromatic carbocycles. The first-order chi connectivity index (χ1) is 19.3. The van der Waals surface area contributed by atoms with E-state index in [0.29, 0.717) is 66.7 Å². The Kier molecular flexibility index (Phi) is 6.26. The molecule has 0 aromatic heterocycles. The Morgan fingerprint density at radius 1 is 0.538 bits per heavy atom. The molecule has 9 aliphatic rings. The van der Waals surface area contributed by atoms with Crippen LogP contribution in [-0.4, -0.2) is 54.2 Å². The molecule has 3 saturated carbocycles. The smallest absolute Gasteiger partial charge is 0.0957 e. The molecule has 5 heterocycles. The van der Waals surface area contributed by atoms with Crippen molar-refractivity contribution in [2.24, 2.45) is 35.5 Å². The quantitative estimate of drug-likeness (QED) is 0.239. The molecule has 9 rings (SSSR count). The van der Waals surface area contributed by atoms with Gasteiger partial charge in [0.1, 0.15) is 0 Å². The van der Waals surface area contributed by atoms with Crippen molar-refractivity contribution in [1.29, 1.82) is 0 Å². The highest BCUT2D eigenvalue weighted by Gasteiger charge is 2.55. The van der Waals surface area contributed by atoms with E-state index < -0.39 is 0 Å². The highest BCUT2D eigenvalue weighted by molar-refractivity contribution is 5.32.